The Morgan fingerprint density at radius 3 is 2.95 bits per heavy atom. The molecular weight excluding hydrogens is 254 g/mol. The van der Waals surface area contributed by atoms with Gasteiger partial charge in [-0.2, -0.15) is 5.10 Å². The lowest BCUT2D eigenvalue weighted by molar-refractivity contribution is 0.0989. The minimum atomic E-state index is 0.338. The van der Waals surface area contributed by atoms with E-state index >= 15 is 0 Å². The molecular formula is C14H19N5O. The molecule has 1 unspecified atom stereocenters. The van der Waals surface area contributed by atoms with Crippen LogP contribution < -0.4 is 10.6 Å². The first kappa shape index (κ1) is 12.9. The van der Waals surface area contributed by atoms with E-state index in [1.54, 1.807) is 10.9 Å². The van der Waals surface area contributed by atoms with Crippen molar-refractivity contribution in [3.63, 3.8) is 0 Å². The highest BCUT2D eigenvalue weighted by atomic mass is 16.5. The zero-order valence-corrected chi connectivity index (χ0v) is 11.8. The predicted octanol–water partition coefficient (Wildman–Crippen LogP) is 1.29. The second kappa shape index (κ2) is 5.13. The summed E-state index contributed by atoms with van der Waals surface area (Å²) in [6, 6.07) is 6.26. The van der Waals surface area contributed by atoms with Crippen molar-refractivity contribution in [3.05, 3.63) is 24.4 Å². The summed E-state index contributed by atoms with van der Waals surface area (Å²) >= 11 is 0. The number of hydrogen-bond donors (Lipinski definition) is 1. The molecule has 0 aromatic carbocycles. The molecule has 3 heterocycles. The number of nitrogens with two attached hydrogens (primary N) is 1. The molecule has 2 aromatic heterocycles. The van der Waals surface area contributed by atoms with Gasteiger partial charge in [0.25, 0.3) is 0 Å². The van der Waals surface area contributed by atoms with Gasteiger partial charge >= 0.3 is 0 Å². The quantitative estimate of drug-likeness (QED) is 0.893. The Labute approximate surface area is 118 Å². The maximum atomic E-state index is 5.97. The third kappa shape index (κ3) is 2.34. The number of nitrogens with zero attached hydrogens (tertiary/aromatic N) is 4. The topological polar surface area (TPSA) is 69.2 Å². The molecule has 0 saturated carbocycles. The minimum Gasteiger partial charge on any atom is -0.384 e. The van der Waals surface area contributed by atoms with Gasteiger partial charge in [-0.1, -0.05) is 0 Å². The average Bonchev–Trinajstić information content (AvgIpc) is 2.85. The Bertz CT molecular complexity index is 609. The SMILES string of the molecule is CC1COCCN1c1cc(N)nc(-c2ccnn2C)c1. The van der Waals surface area contributed by atoms with E-state index in [1.165, 1.54) is 0 Å². The van der Waals surface area contributed by atoms with Gasteiger partial charge in [-0.3, -0.25) is 4.68 Å². The Hall–Kier alpha value is -2.08. The Morgan fingerprint density at radius 1 is 1.40 bits per heavy atom. The summed E-state index contributed by atoms with van der Waals surface area (Å²) in [6.07, 6.45) is 1.76. The molecule has 0 amide bonds. The molecule has 0 aliphatic carbocycles. The first-order valence-electron chi connectivity index (χ1n) is 6.75. The predicted molar refractivity (Wildman–Crippen MR) is 78.5 cm³/mol. The molecule has 6 heteroatoms. The molecule has 1 atom stereocenters. The summed E-state index contributed by atoms with van der Waals surface area (Å²) in [5.74, 6) is 0.525. The maximum absolute atomic E-state index is 5.97. The van der Waals surface area contributed by atoms with Crippen molar-refractivity contribution in [2.75, 3.05) is 30.4 Å². The molecule has 2 N–H and O–H groups in total. The van der Waals surface area contributed by atoms with Crippen molar-refractivity contribution < 1.29 is 4.74 Å². The normalized spacial score (nSPS) is 19.3. The third-order valence-corrected chi connectivity index (χ3v) is 3.61. The Balaban J connectivity index is 2.00. The van der Waals surface area contributed by atoms with Crippen LogP contribution in [0.15, 0.2) is 24.4 Å². The number of ether oxygens (including phenoxy) is 1. The molecule has 20 heavy (non-hydrogen) atoms. The van der Waals surface area contributed by atoms with Gasteiger partial charge in [0.1, 0.15) is 5.82 Å². The van der Waals surface area contributed by atoms with E-state index in [4.69, 9.17) is 10.5 Å². The van der Waals surface area contributed by atoms with E-state index in [0.29, 0.717) is 11.9 Å². The van der Waals surface area contributed by atoms with Crippen molar-refractivity contribution >= 4 is 11.5 Å². The van der Waals surface area contributed by atoms with Crippen LogP contribution in [0.2, 0.25) is 0 Å². The van der Waals surface area contributed by atoms with Crippen LogP contribution in [0.5, 0.6) is 0 Å². The van der Waals surface area contributed by atoms with Crippen LogP contribution >= 0.6 is 0 Å². The summed E-state index contributed by atoms with van der Waals surface area (Å²) < 4.78 is 7.28. The Morgan fingerprint density at radius 2 is 2.25 bits per heavy atom. The minimum absolute atomic E-state index is 0.338. The highest BCUT2D eigenvalue weighted by molar-refractivity contribution is 5.66. The van der Waals surface area contributed by atoms with E-state index in [0.717, 1.165) is 36.8 Å². The molecule has 2 aromatic rings. The van der Waals surface area contributed by atoms with Crippen LogP contribution in [-0.2, 0) is 11.8 Å². The molecule has 0 radical (unpaired) electrons. The molecule has 1 saturated heterocycles. The van der Waals surface area contributed by atoms with Crippen molar-refractivity contribution in [1.29, 1.82) is 0 Å². The standard InChI is InChI=1S/C14H19N5O/c1-10-9-20-6-5-19(10)11-7-12(17-14(15)8-11)13-3-4-16-18(13)2/h3-4,7-8,10H,5-6,9H2,1-2H3,(H2,15,17). The van der Waals surface area contributed by atoms with E-state index in [9.17, 15) is 0 Å². The molecule has 1 aliphatic heterocycles. The first-order valence-corrected chi connectivity index (χ1v) is 6.75. The van der Waals surface area contributed by atoms with Gasteiger partial charge in [-0.05, 0) is 19.1 Å². The van der Waals surface area contributed by atoms with Crippen LogP contribution in [-0.4, -0.2) is 40.6 Å². The number of nitrogen functional groups attached to an aromatic ring is 1. The van der Waals surface area contributed by atoms with Gasteiger partial charge < -0.3 is 15.4 Å². The number of aromatic nitrogens is 3. The first-order chi connectivity index (χ1) is 9.65. The van der Waals surface area contributed by atoms with Crippen LogP contribution in [0, 0.1) is 0 Å². The summed E-state index contributed by atoms with van der Waals surface area (Å²) in [5.41, 5.74) is 8.86. The number of rotatable bonds is 2. The van der Waals surface area contributed by atoms with Crippen molar-refractivity contribution in [1.82, 2.24) is 14.8 Å². The summed E-state index contributed by atoms with van der Waals surface area (Å²) in [7, 11) is 1.90. The fourth-order valence-corrected chi connectivity index (χ4v) is 2.57. The third-order valence-electron chi connectivity index (χ3n) is 3.61. The zero-order valence-electron chi connectivity index (χ0n) is 11.8. The fraction of sp³-hybridized carbons (Fsp3) is 0.429. The lowest BCUT2D eigenvalue weighted by atomic mass is 10.2. The molecule has 0 bridgehead atoms. The molecule has 1 fully saturated rings. The molecule has 3 rings (SSSR count). The van der Waals surface area contributed by atoms with Gasteiger partial charge in [0.15, 0.2) is 0 Å². The van der Waals surface area contributed by atoms with Gasteiger partial charge in [-0.15, -0.1) is 0 Å². The second-order valence-electron chi connectivity index (χ2n) is 5.09. The lowest BCUT2D eigenvalue weighted by Gasteiger charge is -2.35. The summed E-state index contributed by atoms with van der Waals surface area (Å²) in [4.78, 5) is 6.72. The Kier molecular flexibility index (Phi) is 3.31. The molecule has 106 valence electrons. The van der Waals surface area contributed by atoms with Crippen molar-refractivity contribution in [2.45, 2.75) is 13.0 Å². The van der Waals surface area contributed by atoms with Crippen LogP contribution in [0.4, 0.5) is 11.5 Å². The van der Waals surface area contributed by atoms with Gasteiger partial charge in [0.05, 0.1) is 24.6 Å². The van der Waals surface area contributed by atoms with Gasteiger partial charge in [0.2, 0.25) is 0 Å². The highest BCUT2D eigenvalue weighted by Crippen LogP contribution is 2.27. The van der Waals surface area contributed by atoms with Gasteiger partial charge in [0, 0.05) is 37.6 Å². The van der Waals surface area contributed by atoms with Crippen LogP contribution in [0.1, 0.15) is 6.92 Å². The zero-order chi connectivity index (χ0) is 14.1. The number of anilines is 2. The summed E-state index contributed by atoms with van der Waals surface area (Å²) in [5, 5.41) is 4.18. The number of hydrogen-bond acceptors (Lipinski definition) is 5. The largest absolute Gasteiger partial charge is 0.384 e. The van der Waals surface area contributed by atoms with E-state index < -0.39 is 0 Å². The van der Waals surface area contributed by atoms with Crippen molar-refractivity contribution in [3.8, 4) is 11.4 Å². The number of aryl methyl sites for hydroxylation is 1. The van der Waals surface area contributed by atoms with Crippen LogP contribution in [0.3, 0.4) is 0 Å². The second-order valence-corrected chi connectivity index (χ2v) is 5.09. The van der Waals surface area contributed by atoms with E-state index in [-0.39, 0.29) is 0 Å². The lowest BCUT2D eigenvalue weighted by Crippen LogP contribution is -2.43. The summed E-state index contributed by atoms with van der Waals surface area (Å²) in [6.45, 7) is 4.51. The molecule has 1 aliphatic rings. The average molecular weight is 273 g/mol. The molecule has 0 spiro atoms. The van der Waals surface area contributed by atoms with Gasteiger partial charge in [-0.25, -0.2) is 4.98 Å². The molecule has 6 nitrogen and oxygen atoms in total. The smallest absolute Gasteiger partial charge is 0.126 e. The van der Waals surface area contributed by atoms with E-state index in [2.05, 4.69) is 28.0 Å². The van der Waals surface area contributed by atoms with E-state index in [1.807, 2.05) is 19.2 Å². The fourth-order valence-electron chi connectivity index (χ4n) is 2.57. The maximum Gasteiger partial charge on any atom is 0.126 e. The van der Waals surface area contributed by atoms with Crippen molar-refractivity contribution in [2.24, 2.45) is 7.05 Å². The number of pyridine rings is 1. The number of morpholine rings is 1. The monoisotopic (exact) mass is 273 g/mol. The van der Waals surface area contributed by atoms with Crippen LogP contribution in [0.25, 0.3) is 11.4 Å². The highest BCUT2D eigenvalue weighted by Gasteiger charge is 2.20.